The Bertz CT molecular complexity index is 407. The third-order valence-corrected chi connectivity index (χ3v) is 6.02. The maximum Gasteiger partial charge on any atom is 0.282 e. The normalized spacial score (nSPS) is 19.4. The first kappa shape index (κ1) is 17.6. The fourth-order valence-corrected chi connectivity index (χ4v) is 4.28. The Morgan fingerprint density at radius 2 is 1.90 bits per heavy atom. The van der Waals surface area contributed by atoms with Crippen LogP contribution in [0.25, 0.3) is 0 Å². The number of rotatable bonds is 6. The van der Waals surface area contributed by atoms with Crippen molar-refractivity contribution in [1.82, 2.24) is 8.61 Å². The van der Waals surface area contributed by atoms with Gasteiger partial charge in [0.2, 0.25) is 0 Å². The smallest absolute Gasteiger partial charge is 0.282 e. The van der Waals surface area contributed by atoms with E-state index in [-0.39, 0.29) is 25.1 Å². The molecule has 1 N–H and O–H groups in total. The summed E-state index contributed by atoms with van der Waals surface area (Å²) in [6.45, 7) is 11.5. The van der Waals surface area contributed by atoms with Gasteiger partial charge in [0.1, 0.15) is 0 Å². The van der Waals surface area contributed by atoms with Crippen molar-refractivity contribution >= 4 is 10.2 Å². The summed E-state index contributed by atoms with van der Waals surface area (Å²) in [5.41, 5.74) is 0.224. The summed E-state index contributed by atoms with van der Waals surface area (Å²) < 4.78 is 27.9. The summed E-state index contributed by atoms with van der Waals surface area (Å²) in [7, 11) is -3.48. The molecule has 0 spiro atoms. The second-order valence-electron chi connectivity index (χ2n) is 6.42. The van der Waals surface area contributed by atoms with Crippen molar-refractivity contribution < 1.29 is 13.5 Å². The summed E-state index contributed by atoms with van der Waals surface area (Å²) in [5.74, 6) is 0.555. The van der Waals surface area contributed by atoms with E-state index in [1.165, 1.54) is 8.61 Å². The molecule has 0 atom stereocenters. The van der Waals surface area contributed by atoms with E-state index in [0.29, 0.717) is 19.0 Å². The van der Waals surface area contributed by atoms with Gasteiger partial charge in [-0.2, -0.15) is 17.0 Å². The first-order valence-corrected chi connectivity index (χ1v) is 8.60. The number of piperidine rings is 1. The lowest BCUT2D eigenvalue weighted by Crippen LogP contribution is -2.49. The zero-order valence-corrected chi connectivity index (χ0v) is 13.7. The number of hydrogen-bond acceptors (Lipinski definition) is 3. The highest BCUT2D eigenvalue weighted by Gasteiger charge is 2.35. The van der Waals surface area contributed by atoms with Gasteiger partial charge in [0, 0.05) is 26.2 Å². The van der Waals surface area contributed by atoms with E-state index in [1.54, 1.807) is 6.08 Å². The van der Waals surface area contributed by atoms with Crippen LogP contribution >= 0.6 is 0 Å². The minimum atomic E-state index is -3.48. The van der Waals surface area contributed by atoms with Gasteiger partial charge in [0.15, 0.2) is 0 Å². The summed E-state index contributed by atoms with van der Waals surface area (Å²) in [6, 6.07) is 0. The van der Waals surface area contributed by atoms with Crippen molar-refractivity contribution in [2.75, 3.05) is 32.8 Å². The van der Waals surface area contributed by atoms with E-state index in [0.717, 1.165) is 12.8 Å². The van der Waals surface area contributed by atoms with Gasteiger partial charge in [-0.15, -0.1) is 6.58 Å². The third-order valence-electron chi connectivity index (χ3n) is 4.01. The van der Waals surface area contributed by atoms with E-state index in [9.17, 15) is 8.42 Å². The maximum atomic E-state index is 12.5. The first-order chi connectivity index (χ1) is 9.23. The lowest BCUT2D eigenvalue weighted by molar-refractivity contribution is 0.148. The molecule has 0 aromatic carbocycles. The number of aliphatic hydroxyl groups excluding tert-OH is 1. The number of hydrogen-bond donors (Lipinski definition) is 1. The lowest BCUT2D eigenvalue weighted by Gasteiger charge is -2.39. The molecule has 118 valence electrons. The predicted octanol–water partition coefficient (Wildman–Crippen LogP) is 1.47. The molecule has 1 fully saturated rings. The fraction of sp³-hybridized carbons (Fsp3) is 0.857. The van der Waals surface area contributed by atoms with Crippen LogP contribution in [0.5, 0.6) is 0 Å². The van der Waals surface area contributed by atoms with Crippen LogP contribution in [0.3, 0.4) is 0 Å². The molecule has 0 radical (unpaired) electrons. The van der Waals surface area contributed by atoms with Crippen molar-refractivity contribution in [3.05, 3.63) is 12.7 Å². The van der Waals surface area contributed by atoms with Gasteiger partial charge >= 0.3 is 0 Å². The molecule has 20 heavy (non-hydrogen) atoms. The third kappa shape index (κ3) is 4.28. The van der Waals surface area contributed by atoms with Crippen LogP contribution in [-0.4, -0.2) is 54.9 Å². The van der Waals surface area contributed by atoms with E-state index in [2.05, 4.69) is 27.4 Å². The van der Waals surface area contributed by atoms with Gasteiger partial charge in [0.05, 0.1) is 6.61 Å². The van der Waals surface area contributed by atoms with Gasteiger partial charge in [-0.3, -0.25) is 0 Å². The Balaban J connectivity index is 2.73. The summed E-state index contributed by atoms with van der Waals surface area (Å²) >= 11 is 0. The van der Waals surface area contributed by atoms with E-state index in [4.69, 9.17) is 5.11 Å². The lowest BCUT2D eigenvalue weighted by atomic mass is 9.76. The Hall–Kier alpha value is -0.430. The second kappa shape index (κ2) is 7.02. The van der Waals surface area contributed by atoms with Gasteiger partial charge < -0.3 is 5.11 Å². The quantitative estimate of drug-likeness (QED) is 0.756. The topological polar surface area (TPSA) is 60.9 Å². The Morgan fingerprint density at radius 3 is 2.30 bits per heavy atom. The zero-order chi connectivity index (χ0) is 15.4. The molecule has 0 saturated carbocycles. The van der Waals surface area contributed by atoms with Crippen LogP contribution < -0.4 is 0 Å². The van der Waals surface area contributed by atoms with Crippen molar-refractivity contribution in [2.45, 2.75) is 33.6 Å². The molecule has 0 aromatic rings. The number of nitrogens with zero attached hydrogens (tertiary/aromatic N) is 2. The molecule has 1 rings (SSSR count). The van der Waals surface area contributed by atoms with E-state index < -0.39 is 10.2 Å². The minimum absolute atomic E-state index is 0.119. The van der Waals surface area contributed by atoms with E-state index in [1.807, 2.05) is 0 Å². The Morgan fingerprint density at radius 1 is 1.35 bits per heavy atom. The van der Waals surface area contributed by atoms with Crippen LogP contribution in [0.2, 0.25) is 0 Å². The molecule has 1 heterocycles. The highest BCUT2D eigenvalue weighted by atomic mass is 32.2. The fourth-order valence-electron chi connectivity index (χ4n) is 2.67. The average molecular weight is 304 g/mol. The molecule has 5 nitrogen and oxygen atoms in total. The summed E-state index contributed by atoms with van der Waals surface area (Å²) in [6.07, 6.45) is 3.34. The first-order valence-electron chi connectivity index (χ1n) is 7.20. The van der Waals surface area contributed by atoms with Gasteiger partial charge in [-0.1, -0.05) is 26.8 Å². The molecule has 0 aliphatic carbocycles. The molecule has 1 saturated heterocycles. The highest BCUT2D eigenvalue weighted by molar-refractivity contribution is 7.86. The van der Waals surface area contributed by atoms with Crippen LogP contribution in [0.4, 0.5) is 0 Å². The predicted molar refractivity (Wildman–Crippen MR) is 81.5 cm³/mol. The monoisotopic (exact) mass is 304 g/mol. The minimum Gasteiger partial charge on any atom is -0.395 e. The molecule has 1 aliphatic heterocycles. The van der Waals surface area contributed by atoms with Crippen LogP contribution in [-0.2, 0) is 10.2 Å². The maximum absolute atomic E-state index is 12.5. The highest BCUT2D eigenvalue weighted by Crippen LogP contribution is 2.35. The van der Waals surface area contributed by atoms with Crippen LogP contribution in [0.15, 0.2) is 12.7 Å². The Labute approximate surface area is 123 Å². The molecule has 1 aliphatic rings. The van der Waals surface area contributed by atoms with Gasteiger partial charge in [-0.25, -0.2) is 0 Å². The molecular formula is C14H28N2O3S. The SMILES string of the molecule is C=CCN(CCO)S(=O)(=O)N1CCC(C(C)(C)C)CC1. The van der Waals surface area contributed by atoms with Crippen molar-refractivity contribution in [3.63, 3.8) is 0 Å². The van der Waals surface area contributed by atoms with Crippen molar-refractivity contribution in [2.24, 2.45) is 11.3 Å². The molecule has 0 amide bonds. The molecule has 6 heteroatoms. The molecule has 0 unspecified atom stereocenters. The van der Waals surface area contributed by atoms with Gasteiger partial charge in [0.25, 0.3) is 10.2 Å². The molecular weight excluding hydrogens is 276 g/mol. The van der Waals surface area contributed by atoms with Crippen LogP contribution in [0, 0.1) is 11.3 Å². The number of aliphatic hydroxyl groups is 1. The Kier molecular flexibility index (Phi) is 6.19. The summed E-state index contributed by atoms with van der Waals surface area (Å²) in [4.78, 5) is 0. The van der Waals surface area contributed by atoms with Crippen molar-refractivity contribution in [3.8, 4) is 0 Å². The largest absolute Gasteiger partial charge is 0.395 e. The standard InChI is InChI=1S/C14H28N2O3S/c1-5-8-15(11-12-17)20(18,19)16-9-6-13(7-10-16)14(2,3)4/h5,13,17H,1,6-12H2,2-4H3. The average Bonchev–Trinajstić information content (AvgIpc) is 2.37. The molecule has 0 aromatic heterocycles. The van der Waals surface area contributed by atoms with Gasteiger partial charge in [-0.05, 0) is 24.2 Å². The molecule has 0 bridgehead atoms. The second-order valence-corrected chi connectivity index (χ2v) is 8.35. The zero-order valence-electron chi connectivity index (χ0n) is 12.9. The summed E-state index contributed by atoms with van der Waals surface area (Å²) in [5, 5.41) is 9.01. The van der Waals surface area contributed by atoms with Crippen LogP contribution in [0.1, 0.15) is 33.6 Å². The van der Waals surface area contributed by atoms with Crippen molar-refractivity contribution in [1.29, 1.82) is 0 Å². The van der Waals surface area contributed by atoms with E-state index >= 15 is 0 Å².